The van der Waals surface area contributed by atoms with E-state index in [0.717, 1.165) is 52.9 Å². The van der Waals surface area contributed by atoms with Crippen molar-refractivity contribution in [1.29, 1.82) is 0 Å². The van der Waals surface area contributed by atoms with Gasteiger partial charge in [-0.2, -0.15) is 5.10 Å². The standard InChI is InChI=1S/C23H24N8/c1-3-4-10-21(16-8-6-5-7-9-16)31-15-20(28-29-31)18-12-24-23-22(18)27-19(13-25-23)17-11-26-30(2)14-17/h5-9,11-15,21H,3-4,10H2,1-2H3,(H,24,25). The maximum atomic E-state index is 4.83. The van der Waals surface area contributed by atoms with E-state index < -0.39 is 0 Å². The average molecular weight is 413 g/mol. The zero-order valence-electron chi connectivity index (χ0n) is 17.6. The van der Waals surface area contributed by atoms with Crippen LogP contribution in [0.1, 0.15) is 37.8 Å². The molecule has 0 saturated heterocycles. The van der Waals surface area contributed by atoms with Crippen LogP contribution in [0.4, 0.5) is 0 Å². The number of aromatic nitrogens is 8. The Balaban J connectivity index is 1.52. The molecule has 8 heteroatoms. The van der Waals surface area contributed by atoms with E-state index in [2.05, 4.69) is 56.6 Å². The number of hydrogen-bond acceptors (Lipinski definition) is 5. The largest absolute Gasteiger partial charge is 0.344 e. The molecule has 156 valence electrons. The predicted octanol–water partition coefficient (Wildman–Crippen LogP) is 4.40. The molecule has 8 nitrogen and oxygen atoms in total. The molecule has 0 bridgehead atoms. The van der Waals surface area contributed by atoms with Crippen molar-refractivity contribution in [3.05, 3.63) is 66.9 Å². The van der Waals surface area contributed by atoms with Gasteiger partial charge in [-0.25, -0.2) is 14.6 Å². The molecule has 0 aliphatic rings. The van der Waals surface area contributed by atoms with Gasteiger partial charge in [0.1, 0.15) is 11.2 Å². The number of rotatable bonds is 7. The first-order valence-electron chi connectivity index (χ1n) is 10.5. The van der Waals surface area contributed by atoms with Gasteiger partial charge in [-0.05, 0) is 12.0 Å². The Hall–Kier alpha value is -3.81. The van der Waals surface area contributed by atoms with Crippen molar-refractivity contribution in [1.82, 2.24) is 39.7 Å². The lowest BCUT2D eigenvalue weighted by Gasteiger charge is -2.17. The lowest BCUT2D eigenvalue weighted by atomic mass is 10.0. The molecule has 0 radical (unpaired) electrons. The van der Waals surface area contributed by atoms with Gasteiger partial charge >= 0.3 is 0 Å². The Kier molecular flexibility index (Phi) is 5.03. The molecule has 0 amide bonds. The van der Waals surface area contributed by atoms with Gasteiger partial charge in [0, 0.05) is 30.6 Å². The summed E-state index contributed by atoms with van der Waals surface area (Å²) < 4.78 is 3.72. The number of benzene rings is 1. The summed E-state index contributed by atoms with van der Waals surface area (Å²) in [6.45, 7) is 2.21. The van der Waals surface area contributed by atoms with E-state index in [1.54, 1.807) is 17.1 Å². The van der Waals surface area contributed by atoms with E-state index in [9.17, 15) is 0 Å². The van der Waals surface area contributed by atoms with Crippen molar-refractivity contribution in [2.45, 2.75) is 32.2 Å². The van der Waals surface area contributed by atoms with Crippen LogP contribution in [0.2, 0.25) is 0 Å². The first kappa shape index (κ1) is 19.2. The van der Waals surface area contributed by atoms with Crippen LogP contribution in [-0.2, 0) is 7.05 Å². The second kappa shape index (κ2) is 8.14. The van der Waals surface area contributed by atoms with Gasteiger partial charge in [0.05, 0.1) is 30.3 Å². The van der Waals surface area contributed by atoms with Crippen molar-refractivity contribution in [3.8, 4) is 22.5 Å². The molecular formula is C23H24N8. The Morgan fingerprint density at radius 1 is 1.06 bits per heavy atom. The fourth-order valence-electron chi connectivity index (χ4n) is 3.86. The van der Waals surface area contributed by atoms with Crippen LogP contribution in [-0.4, -0.2) is 39.7 Å². The summed E-state index contributed by atoms with van der Waals surface area (Å²) in [6, 6.07) is 10.6. The number of aromatic amines is 1. The third kappa shape index (κ3) is 3.72. The summed E-state index contributed by atoms with van der Waals surface area (Å²) >= 11 is 0. The molecule has 5 rings (SSSR count). The molecule has 1 aromatic carbocycles. The number of fused-ring (bicyclic) bond motifs is 1. The van der Waals surface area contributed by atoms with Gasteiger partial charge in [-0.3, -0.25) is 4.68 Å². The highest BCUT2D eigenvalue weighted by Crippen LogP contribution is 2.29. The van der Waals surface area contributed by atoms with E-state index in [1.165, 1.54) is 5.56 Å². The second-order valence-corrected chi connectivity index (χ2v) is 7.71. The van der Waals surface area contributed by atoms with E-state index in [4.69, 9.17) is 4.98 Å². The lowest BCUT2D eigenvalue weighted by molar-refractivity contribution is 0.460. The SMILES string of the molecule is CCCCC(c1ccccc1)n1cc(-c2c[nH]c3ncc(-c4cnn(C)c4)nc23)nn1. The Morgan fingerprint density at radius 3 is 2.71 bits per heavy atom. The third-order valence-corrected chi connectivity index (χ3v) is 5.50. The van der Waals surface area contributed by atoms with Crippen LogP contribution >= 0.6 is 0 Å². The topological polar surface area (TPSA) is 90.1 Å². The van der Waals surface area contributed by atoms with Crippen LogP contribution < -0.4 is 0 Å². The molecule has 1 atom stereocenters. The minimum absolute atomic E-state index is 0.157. The molecule has 1 N–H and O–H groups in total. The maximum Gasteiger partial charge on any atom is 0.156 e. The molecule has 4 aromatic heterocycles. The highest BCUT2D eigenvalue weighted by Gasteiger charge is 2.18. The summed E-state index contributed by atoms with van der Waals surface area (Å²) in [5, 5.41) is 13.2. The molecule has 1 unspecified atom stereocenters. The predicted molar refractivity (Wildman–Crippen MR) is 119 cm³/mol. The van der Waals surface area contributed by atoms with Gasteiger partial charge in [0.2, 0.25) is 0 Å². The molecule has 4 heterocycles. The first-order valence-corrected chi connectivity index (χ1v) is 10.5. The summed E-state index contributed by atoms with van der Waals surface area (Å²) in [4.78, 5) is 12.6. The fraction of sp³-hybridized carbons (Fsp3) is 0.261. The van der Waals surface area contributed by atoms with Crippen LogP contribution in [0.25, 0.3) is 33.7 Å². The number of nitrogens with one attached hydrogen (secondary N) is 1. The number of aryl methyl sites for hydroxylation is 1. The van der Waals surface area contributed by atoms with Crippen LogP contribution in [0.15, 0.2) is 61.3 Å². The number of H-pyrrole nitrogens is 1. The van der Waals surface area contributed by atoms with Crippen LogP contribution in [0.3, 0.4) is 0 Å². The van der Waals surface area contributed by atoms with Crippen LogP contribution in [0, 0.1) is 0 Å². The van der Waals surface area contributed by atoms with Gasteiger partial charge in [0.25, 0.3) is 0 Å². The lowest BCUT2D eigenvalue weighted by Crippen LogP contribution is -2.11. The van der Waals surface area contributed by atoms with Gasteiger partial charge in [-0.15, -0.1) is 5.10 Å². The normalized spacial score (nSPS) is 12.5. The molecule has 31 heavy (non-hydrogen) atoms. The van der Waals surface area contributed by atoms with Crippen molar-refractivity contribution in [3.63, 3.8) is 0 Å². The molecule has 5 aromatic rings. The second-order valence-electron chi connectivity index (χ2n) is 7.71. The minimum atomic E-state index is 0.157. The Labute approximate surface area is 180 Å². The average Bonchev–Trinajstić information content (AvgIpc) is 3.54. The van der Waals surface area contributed by atoms with Gasteiger partial charge < -0.3 is 4.98 Å². The summed E-state index contributed by atoms with van der Waals surface area (Å²) in [5.74, 6) is 0. The smallest absolute Gasteiger partial charge is 0.156 e. The monoisotopic (exact) mass is 412 g/mol. The van der Waals surface area contributed by atoms with Gasteiger partial charge in [-0.1, -0.05) is 55.3 Å². The van der Waals surface area contributed by atoms with Crippen molar-refractivity contribution in [2.75, 3.05) is 0 Å². The van der Waals surface area contributed by atoms with Crippen LogP contribution in [0.5, 0.6) is 0 Å². The van der Waals surface area contributed by atoms with E-state index in [0.29, 0.717) is 0 Å². The Bertz CT molecular complexity index is 1300. The minimum Gasteiger partial charge on any atom is -0.344 e. The Morgan fingerprint density at radius 2 is 1.94 bits per heavy atom. The molecule has 0 fully saturated rings. The van der Waals surface area contributed by atoms with Crippen molar-refractivity contribution >= 4 is 11.2 Å². The van der Waals surface area contributed by atoms with Gasteiger partial charge in [0.15, 0.2) is 5.65 Å². The quantitative estimate of drug-likeness (QED) is 0.428. The first-order chi connectivity index (χ1) is 15.2. The van der Waals surface area contributed by atoms with Crippen molar-refractivity contribution < 1.29 is 0 Å². The zero-order chi connectivity index (χ0) is 21.2. The van der Waals surface area contributed by atoms with E-state index in [1.807, 2.05) is 36.4 Å². The molecule has 0 aliphatic heterocycles. The summed E-state index contributed by atoms with van der Waals surface area (Å²) in [7, 11) is 1.89. The highest BCUT2D eigenvalue weighted by molar-refractivity contribution is 5.90. The molecular weight excluding hydrogens is 388 g/mol. The summed E-state index contributed by atoms with van der Waals surface area (Å²) in [6.07, 6.45) is 12.7. The zero-order valence-corrected chi connectivity index (χ0v) is 17.6. The number of hydrogen-bond donors (Lipinski definition) is 1. The maximum absolute atomic E-state index is 4.83. The molecule has 0 spiro atoms. The fourth-order valence-corrected chi connectivity index (χ4v) is 3.86. The third-order valence-electron chi connectivity index (χ3n) is 5.50. The summed E-state index contributed by atoms with van der Waals surface area (Å²) in [5.41, 5.74) is 6.12. The van der Waals surface area contributed by atoms with E-state index in [-0.39, 0.29) is 6.04 Å². The molecule has 0 saturated carbocycles. The van der Waals surface area contributed by atoms with Crippen molar-refractivity contribution in [2.24, 2.45) is 7.05 Å². The number of unbranched alkanes of at least 4 members (excludes halogenated alkanes) is 1. The molecule has 0 aliphatic carbocycles. The number of nitrogens with zero attached hydrogens (tertiary/aromatic N) is 7. The highest BCUT2D eigenvalue weighted by atomic mass is 15.4. The van der Waals surface area contributed by atoms with E-state index >= 15 is 0 Å².